The van der Waals surface area contributed by atoms with Crippen LogP contribution in [-0.4, -0.2) is 6.61 Å². The number of ether oxygens (including phenoxy) is 1. The highest BCUT2D eigenvalue weighted by molar-refractivity contribution is 6.31. The zero-order chi connectivity index (χ0) is 23.9. The van der Waals surface area contributed by atoms with Crippen LogP contribution in [0.4, 0.5) is 4.39 Å². The molecule has 4 rings (SSSR count). The van der Waals surface area contributed by atoms with Crippen molar-refractivity contribution in [1.29, 1.82) is 0 Å². The Bertz CT molecular complexity index is 1050. The summed E-state index contributed by atoms with van der Waals surface area (Å²) in [5.74, 6) is 1.44. The van der Waals surface area contributed by atoms with Gasteiger partial charge in [0.15, 0.2) is 11.6 Å². The summed E-state index contributed by atoms with van der Waals surface area (Å²) in [7, 11) is 0. The van der Waals surface area contributed by atoms with Crippen molar-refractivity contribution < 1.29 is 9.13 Å². The van der Waals surface area contributed by atoms with Crippen molar-refractivity contribution in [3.63, 3.8) is 0 Å². The Labute approximate surface area is 209 Å². The van der Waals surface area contributed by atoms with Crippen molar-refractivity contribution in [1.82, 2.24) is 0 Å². The van der Waals surface area contributed by atoms with Gasteiger partial charge in [-0.05, 0) is 90.7 Å². The normalized spacial score (nSPS) is 18.1. The number of benzene rings is 3. The fraction of sp³-hybridized carbons (Fsp3) is 0.419. The number of aryl methyl sites for hydroxylation is 2. The molecule has 1 fully saturated rings. The second-order valence-electron chi connectivity index (χ2n) is 9.64. The molecular weight excluding hydrogens is 443 g/mol. The van der Waals surface area contributed by atoms with Crippen molar-refractivity contribution in [2.75, 3.05) is 6.61 Å². The van der Waals surface area contributed by atoms with E-state index in [9.17, 15) is 4.39 Å². The van der Waals surface area contributed by atoms with Crippen molar-refractivity contribution in [2.24, 2.45) is 5.92 Å². The van der Waals surface area contributed by atoms with Gasteiger partial charge in [0, 0.05) is 0 Å². The summed E-state index contributed by atoms with van der Waals surface area (Å²) < 4.78 is 19.9. The molecule has 1 saturated carbocycles. The molecule has 3 aromatic carbocycles. The van der Waals surface area contributed by atoms with Gasteiger partial charge in [-0.15, -0.1) is 0 Å². The van der Waals surface area contributed by atoms with E-state index in [-0.39, 0.29) is 10.8 Å². The van der Waals surface area contributed by atoms with Crippen molar-refractivity contribution >= 4 is 11.6 Å². The Morgan fingerprint density at radius 2 is 1.47 bits per heavy atom. The van der Waals surface area contributed by atoms with Crippen LogP contribution in [0.3, 0.4) is 0 Å². The van der Waals surface area contributed by atoms with Gasteiger partial charge < -0.3 is 4.74 Å². The van der Waals surface area contributed by atoms with Gasteiger partial charge in [-0.1, -0.05) is 86.5 Å². The molecule has 34 heavy (non-hydrogen) atoms. The molecule has 1 aliphatic rings. The highest BCUT2D eigenvalue weighted by Crippen LogP contribution is 2.37. The average Bonchev–Trinajstić information content (AvgIpc) is 2.89. The van der Waals surface area contributed by atoms with E-state index in [1.807, 2.05) is 13.0 Å². The molecule has 0 saturated heterocycles. The SMILES string of the molecule is CCCOc1ccc(CCc2ccc(-c3ccc(C4CCC(CC)CC4)cc3)cc2)c(Cl)c1F. The molecule has 3 heteroatoms. The molecule has 180 valence electrons. The van der Waals surface area contributed by atoms with Crippen LogP contribution < -0.4 is 4.74 Å². The summed E-state index contributed by atoms with van der Waals surface area (Å²) in [6.45, 7) is 4.80. The lowest BCUT2D eigenvalue weighted by Crippen LogP contribution is -2.12. The lowest BCUT2D eigenvalue weighted by molar-refractivity contribution is 0.301. The molecule has 0 aliphatic heterocycles. The molecule has 0 N–H and O–H groups in total. The number of hydrogen-bond acceptors (Lipinski definition) is 1. The Balaban J connectivity index is 1.35. The topological polar surface area (TPSA) is 9.23 Å². The third-order valence-corrected chi connectivity index (χ3v) is 7.77. The molecule has 1 aliphatic carbocycles. The number of hydrogen-bond donors (Lipinski definition) is 0. The first kappa shape index (κ1) is 24.8. The van der Waals surface area contributed by atoms with Gasteiger partial charge in [0.05, 0.1) is 11.6 Å². The Morgan fingerprint density at radius 3 is 2.09 bits per heavy atom. The minimum Gasteiger partial charge on any atom is -0.490 e. The quantitative estimate of drug-likeness (QED) is 0.297. The first-order valence-corrected chi connectivity index (χ1v) is 13.3. The van der Waals surface area contributed by atoms with Gasteiger partial charge in [-0.2, -0.15) is 0 Å². The van der Waals surface area contributed by atoms with E-state index in [1.54, 1.807) is 6.07 Å². The van der Waals surface area contributed by atoms with E-state index in [1.165, 1.54) is 54.4 Å². The lowest BCUT2D eigenvalue weighted by Gasteiger charge is -2.28. The third kappa shape index (κ3) is 6.02. The molecule has 1 nitrogen and oxygen atoms in total. The Morgan fingerprint density at radius 1 is 0.824 bits per heavy atom. The molecule has 0 amide bonds. The number of halogens is 2. The van der Waals surface area contributed by atoms with Gasteiger partial charge in [0.1, 0.15) is 0 Å². The fourth-order valence-corrected chi connectivity index (χ4v) is 5.33. The largest absolute Gasteiger partial charge is 0.490 e. The second-order valence-corrected chi connectivity index (χ2v) is 10.0. The van der Waals surface area contributed by atoms with Crippen molar-refractivity contribution in [2.45, 2.75) is 71.1 Å². The minimum absolute atomic E-state index is 0.175. The maximum Gasteiger partial charge on any atom is 0.183 e. The first-order valence-electron chi connectivity index (χ1n) is 12.9. The van der Waals surface area contributed by atoms with E-state index in [4.69, 9.17) is 16.3 Å². The van der Waals surface area contributed by atoms with Gasteiger partial charge in [0.25, 0.3) is 0 Å². The zero-order valence-electron chi connectivity index (χ0n) is 20.5. The standard InChI is InChI=1S/C31H36ClFO/c1-3-21-34-29-20-19-28(30(32)31(29)33)14-9-23-7-12-25(13-8-23)27-17-15-26(16-18-27)24-10-5-22(4-2)6-11-24/h7-8,12-13,15-20,22,24H,3-6,9-11,14,21H2,1-2H3. The van der Waals surface area contributed by atoms with Gasteiger partial charge >= 0.3 is 0 Å². The Hall–Kier alpha value is -2.32. The molecule has 0 aromatic heterocycles. The van der Waals surface area contributed by atoms with E-state index < -0.39 is 5.82 Å². The van der Waals surface area contributed by atoms with Gasteiger partial charge in [-0.25, -0.2) is 4.39 Å². The van der Waals surface area contributed by atoms with Crippen molar-refractivity contribution in [3.05, 3.63) is 88.2 Å². The highest BCUT2D eigenvalue weighted by atomic mass is 35.5. The van der Waals surface area contributed by atoms with Gasteiger partial charge in [-0.3, -0.25) is 0 Å². The molecule has 0 unspecified atom stereocenters. The minimum atomic E-state index is -0.454. The smallest absolute Gasteiger partial charge is 0.183 e. The van der Waals surface area contributed by atoms with Crippen LogP contribution in [0.25, 0.3) is 11.1 Å². The second kappa shape index (κ2) is 11.9. The maximum absolute atomic E-state index is 14.5. The van der Waals surface area contributed by atoms with E-state index in [0.717, 1.165) is 30.2 Å². The highest BCUT2D eigenvalue weighted by Gasteiger charge is 2.21. The van der Waals surface area contributed by atoms with Gasteiger partial charge in [0.2, 0.25) is 0 Å². The van der Waals surface area contributed by atoms with E-state index >= 15 is 0 Å². The van der Waals surface area contributed by atoms with Crippen LogP contribution in [0.15, 0.2) is 60.7 Å². The molecule has 0 atom stereocenters. The number of rotatable bonds is 9. The van der Waals surface area contributed by atoms with Crippen molar-refractivity contribution in [3.8, 4) is 16.9 Å². The maximum atomic E-state index is 14.5. The summed E-state index contributed by atoms with van der Waals surface area (Å²) in [5, 5.41) is 0.175. The molecule has 0 bridgehead atoms. The molecule has 3 aromatic rings. The third-order valence-electron chi connectivity index (χ3n) is 7.37. The van der Waals surface area contributed by atoms with Crippen LogP contribution in [0.2, 0.25) is 5.02 Å². The lowest BCUT2D eigenvalue weighted by atomic mass is 9.77. The van der Waals surface area contributed by atoms with Crippen LogP contribution in [0.1, 0.15) is 75.0 Å². The zero-order valence-corrected chi connectivity index (χ0v) is 21.2. The molecule has 0 radical (unpaired) electrons. The summed E-state index contributed by atoms with van der Waals surface area (Å²) in [4.78, 5) is 0. The van der Waals surface area contributed by atoms with Crippen LogP contribution in [0, 0.1) is 11.7 Å². The summed E-state index contributed by atoms with van der Waals surface area (Å²) >= 11 is 6.28. The predicted octanol–water partition coefficient (Wildman–Crippen LogP) is 9.40. The summed E-state index contributed by atoms with van der Waals surface area (Å²) in [6, 6.07) is 21.4. The summed E-state index contributed by atoms with van der Waals surface area (Å²) in [5.41, 5.74) is 6.01. The first-order chi connectivity index (χ1) is 16.6. The molecule has 0 heterocycles. The molecule has 0 spiro atoms. The average molecular weight is 479 g/mol. The van der Waals surface area contributed by atoms with Crippen LogP contribution in [-0.2, 0) is 12.8 Å². The van der Waals surface area contributed by atoms with Crippen LogP contribution in [0.5, 0.6) is 5.75 Å². The Kier molecular flexibility index (Phi) is 8.67. The fourth-order valence-electron chi connectivity index (χ4n) is 5.08. The molecular formula is C31H36ClFO. The van der Waals surface area contributed by atoms with E-state index in [0.29, 0.717) is 13.0 Å². The summed E-state index contributed by atoms with van der Waals surface area (Å²) in [6.07, 6.45) is 9.07. The van der Waals surface area contributed by atoms with Crippen LogP contribution >= 0.6 is 11.6 Å². The predicted molar refractivity (Wildman–Crippen MR) is 141 cm³/mol. The van der Waals surface area contributed by atoms with E-state index in [2.05, 4.69) is 55.5 Å². The monoisotopic (exact) mass is 478 g/mol.